The summed E-state index contributed by atoms with van der Waals surface area (Å²) < 4.78 is 18.9. The second kappa shape index (κ2) is 10.3. The van der Waals surface area contributed by atoms with Crippen LogP contribution in [0.25, 0.3) is 0 Å². The van der Waals surface area contributed by atoms with Crippen LogP contribution in [0.3, 0.4) is 0 Å². The molecule has 0 aliphatic heterocycles. The smallest absolute Gasteiger partial charge is 0.241 e. The molecule has 2 aromatic carbocycles. The monoisotopic (exact) mass is 369 g/mol. The Balaban J connectivity index is 1.89. The first kappa shape index (κ1) is 20.4. The normalized spacial score (nSPS) is 10.5. The zero-order chi connectivity index (χ0) is 19.6. The quantitative estimate of drug-likeness (QED) is 0.680. The number of aryl methyl sites for hydroxylation is 1. The van der Waals surface area contributed by atoms with E-state index in [1.165, 1.54) is 17.0 Å². The molecule has 0 heterocycles. The lowest BCUT2D eigenvalue weighted by atomic mass is 10.2. The third kappa shape index (κ3) is 6.72. The first-order valence-electron chi connectivity index (χ1n) is 8.80. The molecule has 0 atom stereocenters. The van der Waals surface area contributed by atoms with E-state index < -0.39 is 0 Å². The number of ether oxygens (including phenoxy) is 1. The molecule has 0 bridgehead atoms. The van der Waals surface area contributed by atoms with Crippen molar-refractivity contribution in [1.29, 1.82) is 5.26 Å². The van der Waals surface area contributed by atoms with Crippen LogP contribution >= 0.6 is 0 Å². The average Bonchev–Trinajstić information content (AvgIpc) is 2.63. The van der Waals surface area contributed by atoms with Gasteiger partial charge in [0.2, 0.25) is 5.91 Å². The lowest BCUT2D eigenvalue weighted by Crippen LogP contribution is -2.40. The van der Waals surface area contributed by atoms with E-state index in [2.05, 4.69) is 0 Å². The molecule has 0 spiro atoms. The van der Waals surface area contributed by atoms with E-state index in [9.17, 15) is 9.18 Å². The molecule has 0 aliphatic rings. The van der Waals surface area contributed by atoms with Crippen molar-refractivity contribution in [2.45, 2.75) is 13.3 Å². The van der Waals surface area contributed by atoms with Gasteiger partial charge < -0.3 is 9.64 Å². The highest BCUT2D eigenvalue weighted by molar-refractivity contribution is 5.94. The number of hydrogen-bond acceptors (Lipinski definition) is 4. The SMILES string of the molecule is Cc1cccc(OCCN(C)CC(=O)N(CCC#N)c2ccc(F)cc2)c1. The van der Waals surface area contributed by atoms with Gasteiger partial charge >= 0.3 is 0 Å². The Hall–Kier alpha value is -2.91. The molecular formula is C21H24FN3O2. The predicted octanol–water partition coefficient (Wildman–Crippen LogP) is 3.39. The molecule has 6 heteroatoms. The molecule has 0 aromatic heterocycles. The molecule has 0 saturated carbocycles. The molecule has 142 valence electrons. The number of rotatable bonds is 9. The first-order valence-corrected chi connectivity index (χ1v) is 8.80. The van der Waals surface area contributed by atoms with Crippen molar-refractivity contribution in [3.8, 4) is 11.8 Å². The van der Waals surface area contributed by atoms with Crippen LogP contribution in [0.15, 0.2) is 48.5 Å². The highest BCUT2D eigenvalue weighted by Crippen LogP contribution is 2.16. The summed E-state index contributed by atoms with van der Waals surface area (Å²) in [6, 6.07) is 15.6. The van der Waals surface area contributed by atoms with Crippen molar-refractivity contribution in [1.82, 2.24) is 4.90 Å². The predicted molar refractivity (Wildman–Crippen MR) is 103 cm³/mol. The van der Waals surface area contributed by atoms with Crippen molar-refractivity contribution in [3.63, 3.8) is 0 Å². The van der Waals surface area contributed by atoms with Gasteiger partial charge in [0.25, 0.3) is 0 Å². The third-order valence-corrected chi connectivity index (χ3v) is 4.02. The molecular weight excluding hydrogens is 345 g/mol. The highest BCUT2D eigenvalue weighted by atomic mass is 19.1. The number of carbonyl (C=O) groups excluding carboxylic acids is 1. The summed E-state index contributed by atoms with van der Waals surface area (Å²) >= 11 is 0. The van der Waals surface area contributed by atoms with Crippen LogP contribution in [-0.4, -0.2) is 44.1 Å². The molecule has 5 nitrogen and oxygen atoms in total. The molecule has 0 N–H and O–H groups in total. The second-order valence-corrected chi connectivity index (χ2v) is 6.33. The van der Waals surface area contributed by atoms with Crippen LogP contribution in [0.4, 0.5) is 10.1 Å². The molecule has 2 aromatic rings. The number of carbonyl (C=O) groups is 1. The van der Waals surface area contributed by atoms with Crippen LogP contribution < -0.4 is 9.64 Å². The van der Waals surface area contributed by atoms with Gasteiger partial charge in [0, 0.05) is 18.8 Å². The van der Waals surface area contributed by atoms with Gasteiger partial charge in [-0.15, -0.1) is 0 Å². The number of benzene rings is 2. The van der Waals surface area contributed by atoms with E-state index in [-0.39, 0.29) is 31.2 Å². The number of amides is 1. The van der Waals surface area contributed by atoms with E-state index in [0.717, 1.165) is 11.3 Å². The van der Waals surface area contributed by atoms with Gasteiger partial charge in [0.15, 0.2) is 0 Å². The Morgan fingerprint density at radius 1 is 1.19 bits per heavy atom. The maximum Gasteiger partial charge on any atom is 0.241 e. The number of nitrogens with zero attached hydrogens (tertiary/aromatic N) is 3. The summed E-state index contributed by atoms with van der Waals surface area (Å²) in [4.78, 5) is 16.0. The fourth-order valence-electron chi connectivity index (χ4n) is 2.60. The highest BCUT2D eigenvalue weighted by Gasteiger charge is 2.17. The Kier molecular flexibility index (Phi) is 7.78. The zero-order valence-corrected chi connectivity index (χ0v) is 15.7. The van der Waals surface area contributed by atoms with Crippen molar-refractivity contribution in [3.05, 3.63) is 59.9 Å². The zero-order valence-electron chi connectivity index (χ0n) is 15.7. The minimum absolute atomic E-state index is 0.144. The van der Waals surface area contributed by atoms with E-state index in [0.29, 0.717) is 18.8 Å². The van der Waals surface area contributed by atoms with Gasteiger partial charge in [0.1, 0.15) is 18.2 Å². The Bertz CT molecular complexity index is 787. The standard InChI is InChI=1S/C21H24FN3O2/c1-17-5-3-6-20(15-17)27-14-13-24(2)16-21(26)25(12-4-11-23)19-9-7-18(22)8-10-19/h3,5-10,15H,4,12-14,16H2,1-2H3. The Labute approximate surface area is 159 Å². The summed E-state index contributed by atoms with van der Waals surface area (Å²) in [6.07, 6.45) is 0.212. The van der Waals surface area contributed by atoms with Crippen molar-refractivity contribution >= 4 is 11.6 Å². The molecule has 27 heavy (non-hydrogen) atoms. The van der Waals surface area contributed by atoms with Crippen LogP contribution in [-0.2, 0) is 4.79 Å². The van der Waals surface area contributed by atoms with Crippen molar-refractivity contribution in [2.75, 3.05) is 38.2 Å². The number of halogens is 1. The maximum atomic E-state index is 13.1. The van der Waals surface area contributed by atoms with E-state index >= 15 is 0 Å². The van der Waals surface area contributed by atoms with E-state index in [1.807, 2.05) is 49.2 Å². The third-order valence-electron chi connectivity index (χ3n) is 4.02. The molecule has 1 amide bonds. The van der Waals surface area contributed by atoms with E-state index in [4.69, 9.17) is 10.00 Å². The van der Waals surface area contributed by atoms with Gasteiger partial charge in [-0.25, -0.2) is 4.39 Å². The largest absolute Gasteiger partial charge is 0.492 e. The Morgan fingerprint density at radius 3 is 2.59 bits per heavy atom. The second-order valence-electron chi connectivity index (χ2n) is 6.33. The van der Waals surface area contributed by atoms with Gasteiger partial charge in [-0.05, 0) is 55.9 Å². The summed E-state index contributed by atoms with van der Waals surface area (Å²) in [5.41, 5.74) is 1.71. The number of likely N-dealkylation sites (N-methyl/N-ethyl adjacent to an activating group) is 1. The molecule has 0 unspecified atom stereocenters. The topological polar surface area (TPSA) is 56.6 Å². The number of anilines is 1. The molecule has 2 rings (SSSR count). The van der Waals surface area contributed by atoms with Gasteiger partial charge in [0.05, 0.1) is 19.0 Å². The van der Waals surface area contributed by atoms with Crippen LogP contribution in [0.1, 0.15) is 12.0 Å². The van der Waals surface area contributed by atoms with Gasteiger partial charge in [-0.1, -0.05) is 12.1 Å². The lowest BCUT2D eigenvalue weighted by molar-refractivity contribution is -0.119. The summed E-state index contributed by atoms with van der Waals surface area (Å²) in [5.74, 6) is 0.295. The summed E-state index contributed by atoms with van der Waals surface area (Å²) in [5, 5.41) is 8.84. The fourth-order valence-corrected chi connectivity index (χ4v) is 2.60. The molecule has 0 fully saturated rings. The minimum Gasteiger partial charge on any atom is -0.492 e. The molecule has 0 aliphatic carbocycles. The first-order chi connectivity index (χ1) is 13.0. The van der Waals surface area contributed by atoms with Crippen LogP contribution in [0.2, 0.25) is 0 Å². The lowest BCUT2D eigenvalue weighted by Gasteiger charge is -2.25. The van der Waals surface area contributed by atoms with Crippen molar-refractivity contribution < 1.29 is 13.9 Å². The average molecular weight is 369 g/mol. The van der Waals surface area contributed by atoms with Crippen LogP contribution in [0.5, 0.6) is 5.75 Å². The fraction of sp³-hybridized carbons (Fsp3) is 0.333. The van der Waals surface area contributed by atoms with Gasteiger partial charge in [-0.3, -0.25) is 9.69 Å². The maximum absolute atomic E-state index is 13.1. The number of hydrogen-bond donors (Lipinski definition) is 0. The summed E-state index contributed by atoms with van der Waals surface area (Å²) in [6.45, 7) is 3.49. The number of nitriles is 1. The van der Waals surface area contributed by atoms with Gasteiger partial charge in [-0.2, -0.15) is 5.26 Å². The van der Waals surface area contributed by atoms with Crippen LogP contribution in [0, 0.1) is 24.1 Å². The molecule has 0 radical (unpaired) electrons. The minimum atomic E-state index is -0.364. The molecule has 0 saturated heterocycles. The Morgan fingerprint density at radius 2 is 1.93 bits per heavy atom. The summed E-state index contributed by atoms with van der Waals surface area (Å²) in [7, 11) is 1.84. The van der Waals surface area contributed by atoms with Crippen molar-refractivity contribution in [2.24, 2.45) is 0 Å². The van der Waals surface area contributed by atoms with E-state index in [1.54, 1.807) is 12.1 Å².